The number of fused-ring (bicyclic) bond motifs is 1. The van der Waals surface area contributed by atoms with Crippen molar-refractivity contribution in [3.63, 3.8) is 0 Å². The molecule has 8 heteroatoms. The quantitative estimate of drug-likeness (QED) is 0.759. The second kappa shape index (κ2) is 7.40. The summed E-state index contributed by atoms with van der Waals surface area (Å²) in [6.45, 7) is 5.58. The number of hydrogen-bond donors (Lipinski definition) is 1. The number of rotatable bonds is 4. The third-order valence-electron chi connectivity index (χ3n) is 4.76. The summed E-state index contributed by atoms with van der Waals surface area (Å²) in [5, 5.41) is 12.0. The van der Waals surface area contributed by atoms with Crippen molar-refractivity contribution < 1.29 is 18.4 Å². The Balaban J connectivity index is 1.39. The van der Waals surface area contributed by atoms with E-state index in [0.29, 0.717) is 44.4 Å². The van der Waals surface area contributed by atoms with Gasteiger partial charge in [-0.15, -0.1) is 10.2 Å². The number of urea groups is 1. The normalized spacial score (nSPS) is 17.4. The van der Waals surface area contributed by atoms with Gasteiger partial charge in [0.1, 0.15) is 11.3 Å². The van der Waals surface area contributed by atoms with Gasteiger partial charge in [-0.25, -0.2) is 4.79 Å². The second-order valence-corrected chi connectivity index (χ2v) is 6.50. The number of aromatic nitrogens is 2. The van der Waals surface area contributed by atoms with Crippen molar-refractivity contribution in [3.05, 3.63) is 47.4 Å². The average molecular weight is 370 g/mol. The second-order valence-electron chi connectivity index (χ2n) is 6.50. The van der Waals surface area contributed by atoms with E-state index in [2.05, 4.69) is 15.5 Å². The van der Waals surface area contributed by atoms with Gasteiger partial charge < -0.3 is 23.8 Å². The van der Waals surface area contributed by atoms with Gasteiger partial charge in [-0.1, -0.05) is 25.1 Å². The van der Waals surface area contributed by atoms with E-state index in [9.17, 15) is 4.79 Å². The van der Waals surface area contributed by atoms with Gasteiger partial charge in [-0.3, -0.25) is 0 Å². The number of ether oxygens (including phenoxy) is 1. The smallest absolute Gasteiger partial charge is 0.317 e. The number of nitrogens with zero attached hydrogens (tertiary/aromatic N) is 3. The molecule has 1 aliphatic rings. The van der Waals surface area contributed by atoms with Crippen molar-refractivity contribution in [2.75, 3.05) is 19.7 Å². The number of hydrogen-bond acceptors (Lipinski definition) is 6. The van der Waals surface area contributed by atoms with Crippen LogP contribution in [-0.4, -0.2) is 40.8 Å². The molecule has 3 aromatic rings. The third kappa shape index (κ3) is 3.52. The predicted molar refractivity (Wildman–Crippen MR) is 97.1 cm³/mol. The third-order valence-corrected chi connectivity index (χ3v) is 4.76. The molecule has 1 atom stereocenters. The molecule has 1 unspecified atom stereocenters. The van der Waals surface area contributed by atoms with Gasteiger partial charge in [-0.05, 0) is 13.0 Å². The largest absolute Gasteiger partial charge is 0.459 e. The summed E-state index contributed by atoms with van der Waals surface area (Å²) >= 11 is 0. The van der Waals surface area contributed by atoms with Gasteiger partial charge in [-0.2, -0.15) is 0 Å². The number of furan rings is 1. The van der Waals surface area contributed by atoms with E-state index in [-0.39, 0.29) is 6.03 Å². The fourth-order valence-corrected chi connectivity index (χ4v) is 3.18. The summed E-state index contributed by atoms with van der Waals surface area (Å²) in [5.74, 6) is 1.74. The molecule has 2 amide bonds. The molecular weight excluding hydrogens is 348 g/mol. The number of aryl methyl sites for hydroxylation is 2. The monoisotopic (exact) mass is 370 g/mol. The number of benzene rings is 1. The maximum absolute atomic E-state index is 12.6. The summed E-state index contributed by atoms with van der Waals surface area (Å²) in [5.41, 5.74) is 1.87. The number of carbonyl (C=O) groups excluding carboxylic acids is 1. The summed E-state index contributed by atoms with van der Waals surface area (Å²) in [6, 6.07) is 7.68. The molecule has 1 saturated heterocycles. The summed E-state index contributed by atoms with van der Waals surface area (Å²) < 4.78 is 17.1. The van der Waals surface area contributed by atoms with Crippen molar-refractivity contribution >= 4 is 17.0 Å². The number of nitrogens with one attached hydrogen (secondary N) is 1. The van der Waals surface area contributed by atoms with E-state index in [1.54, 1.807) is 4.90 Å². The SMILES string of the molecule is CCc1nnc(C2CN(C(=O)NCc3oc4ccccc4c3C)CCO2)o1. The van der Waals surface area contributed by atoms with Crippen LogP contribution in [0.4, 0.5) is 4.79 Å². The van der Waals surface area contributed by atoms with Crippen LogP contribution in [0.1, 0.15) is 36.1 Å². The highest BCUT2D eigenvalue weighted by atomic mass is 16.5. The molecule has 0 aliphatic carbocycles. The van der Waals surface area contributed by atoms with E-state index < -0.39 is 6.10 Å². The Morgan fingerprint density at radius 3 is 2.93 bits per heavy atom. The van der Waals surface area contributed by atoms with Gasteiger partial charge in [0.15, 0.2) is 6.10 Å². The Hall–Kier alpha value is -2.87. The standard InChI is InChI=1S/C19H22N4O4/c1-3-17-21-22-18(27-17)16-11-23(8-9-25-16)19(24)20-10-15-12(2)13-6-4-5-7-14(13)26-15/h4-7,16H,3,8-11H2,1-2H3,(H,20,24). The van der Waals surface area contributed by atoms with E-state index >= 15 is 0 Å². The Kier molecular flexibility index (Phi) is 4.81. The molecule has 0 saturated carbocycles. The molecule has 1 aromatic carbocycles. The molecule has 1 fully saturated rings. The Labute approximate surface area is 156 Å². The van der Waals surface area contributed by atoms with Gasteiger partial charge in [0.05, 0.1) is 19.7 Å². The lowest BCUT2D eigenvalue weighted by atomic mass is 10.1. The van der Waals surface area contributed by atoms with E-state index in [1.165, 1.54) is 0 Å². The lowest BCUT2D eigenvalue weighted by molar-refractivity contribution is -0.0293. The fourth-order valence-electron chi connectivity index (χ4n) is 3.18. The highest BCUT2D eigenvalue weighted by Gasteiger charge is 2.29. The highest BCUT2D eigenvalue weighted by molar-refractivity contribution is 5.82. The van der Waals surface area contributed by atoms with Gasteiger partial charge >= 0.3 is 6.03 Å². The molecule has 2 aromatic heterocycles. The molecule has 1 aliphatic heterocycles. The van der Waals surface area contributed by atoms with Crippen LogP contribution < -0.4 is 5.32 Å². The zero-order valence-corrected chi connectivity index (χ0v) is 15.4. The molecule has 0 bridgehead atoms. The minimum atomic E-state index is -0.398. The highest BCUT2D eigenvalue weighted by Crippen LogP contribution is 2.25. The van der Waals surface area contributed by atoms with Crippen LogP contribution in [-0.2, 0) is 17.7 Å². The lowest BCUT2D eigenvalue weighted by Crippen LogP contribution is -2.47. The number of amides is 2. The first kappa shape index (κ1) is 17.5. The molecular formula is C19H22N4O4. The minimum absolute atomic E-state index is 0.168. The first-order chi connectivity index (χ1) is 13.2. The Morgan fingerprint density at radius 1 is 1.30 bits per heavy atom. The molecule has 8 nitrogen and oxygen atoms in total. The first-order valence-electron chi connectivity index (χ1n) is 9.09. The fraction of sp³-hybridized carbons (Fsp3) is 0.421. The van der Waals surface area contributed by atoms with Crippen LogP contribution in [0.5, 0.6) is 0 Å². The van der Waals surface area contributed by atoms with Crippen LogP contribution in [0.3, 0.4) is 0 Å². The van der Waals surface area contributed by atoms with Crippen LogP contribution >= 0.6 is 0 Å². The van der Waals surface area contributed by atoms with Crippen molar-refractivity contribution in [3.8, 4) is 0 Å². The van der Waals surface area contributed by atoms with Crippen LogP contribution in [0, 0.1) is 6.92 Å². The molecule has 0 spiro atoms. The summed E-state index contributed by atoms with van der Waals surface area (Å²) in [6.07, 6.45) is 0.270. The molecule has 0 radical (unpaired) electrons. The minimum Gasteiger partial charge on any atom is -0.459 e. The van der Waals surface area contributed by atoms with E-state index in [0.717, 1.165) is 22.3 Å². The zero-order valence-electron chi connectivity index (χ0n) is 15.4. The molecule has 1 N–H and O–H groups in total. The molecule has 3 heterocycles. The maximum Gasteiger partial charge on any atom is 0.317 e. The van der Waals surface area contributed by atoms with Crippen molar-refractivity contribution in [2.24, 2.45) is 0 Å². The van der Waals surface area contributed by atoms with Gasteiger partial charge in [0, 0.05) is 23.9 Å². The van der Waals surface area contributed by atoms with Crippen molar-refractivity contribution in [2.45, 2.75) is 32.9 Å². The maximum atomic E-state index is 12.6. The Morgan fingerprint density at radius 2 is 2.15 bits per heavy atom. The first-order valence-corrected chi connectivity index (χ1v) is 9.09. The van der Waals surface area contributed by atoms with Crippen molar-refractivity contribution in [1.29, 1.82) is 0 Å². The topological polar surface area (TPSA) is 93.6 Å². The van der Waals surface area contributed by atoms with Gasteiger partial charge in [0.25, 0.3) is 0 Å². The molecule has 4 rings (SSSR count). The van der Waals surface area contributed by atoms with Gasteiger partial charge in [0.2, 0.25) is 11.8 Å². The average Bonchev–Trinajstić information content (AvgIpc) is 3.31. The Bertz CT molecular complexity index is 948. The lowest BCUT2D eigenvalue weighted by Gasteiger charge is -2.31. The number of morpholine rings is 1. The summed E-state index contributed by atoms with van der Waals surface area (Å²) in [4.78, 5) is 14.3. The number of para-hydroxylation sites is 1. The van der Waals surface area contributed by atoms with E-state index in [4.69, 9.17) is 13.6 Å². The van der Waals surface area contributed by atoms with Crippen LogP contribution in [0.15, 0.2) is 33.1 Å². The van der Waals surface area contributed by atoms with Crippen molar-refractivity contribution in [1.82, 2.24) is 20.4 Å². The van der Waals surface area contributed by atoms with Crippen LogP contribution in [0.2, 0.25) is 0 Å². The predicted octanol–water partition coefficient (Wildman–Crippen LogP) is 2.97. The van der Waals surface area contributed by atoms with E-state index in [1.807, 2.05) is 38.1 Å². The zero-order chi connectivity index (χ0) is 18.8. The summed E-state index contributed by atoms with van der Waals surface area (Å²) in [7, 11) is 0. The van der Waals surface area contributed by atoms with Crippen LogP contribution in [0.25, 0.3) is 11.0 Å². The molecule has 27 heavy (non-hydrogen) atoms. The number of carbonyl (C=O) groups is 1. The molecule has 142 valence electrons.